The molecule has 0 aliphatic heterocycles. The summed E-state index contributed by atoms with van der Waals surface area (Å²) < 4.78 is 42.1. The molecule has 2 aromatic carbocycles. The normalized spacial score (nSPS) is 11.0. The number of nitrogens with one attached hydrogen (secondary N) is 1. The summed E-state index contributed by atoms with van der Waals surface area (Å²) in [5.74, 6) is -0.577. The minimum Gasteiger partial charge on any atom is -0.497 e. The number of esters is 1. The van der Waals surface area contributed by atoms with E-state index in [9.17, 15) is 18.0 Å². The topological polar surface area (TPSA) is 108 Å². The molecule has 29 heavy (non-hydrogen) atoms. The van der Waals surface area contributed by atoms with Crippen molar-refractivity contribution >= 4 is 21.8 Å². The Labute approximate surface area is 169 Å². The van der Waals surface area contributed by atoms with E-state index in [2.05, 4.69) is 4.72 Å². The Balaban J connectivity index is 1.96. The van der Waals surface area contributed by atoms with Crippen LogP contribution in [0.15, 0.2) is 41.3 Å². The molecule has 2 aromatic rings. The van der Waals surface area contributed by atoms with Crippen LogP contribution in [-0.2, 0) is 19.6 Å². The molecule has 0 aliphatic rings. The van der Waals surface area contributed by atoms with E-state index >= 15 is 0 Å². The van der Waals surface area contributed by atoms with Gasteiger partial charge in [-0.3, -0.25) is 9.59 Å². The van der Waals surface area contributed by atoms with Crippen LogP contribution in [0.4, 0.5) is 0 Å². The first kappa shape index (κ1) is 22.4. The van der Waals surface area contributed by atoms with Gasteiger partial charge in [0, 0.05) is 6.07 Å². The van der Waals surface area contributed by atoms with Crippen molar-refractivity contribution in [2.45, 2.75) is 18.7 Å². The number of benzene rings is 2. The van der Waals surface area contributed by atoms with E-state index in [1.807, 2.05) is 0 Å². The Kier molecular flexibility index (Phi) is 7.35. The molecule has 0 atom stereocenters. The maximum Gasteiger partial charge on any atom is 0.321 e. The standard InChI is InChI=1S/C20H23NO7S/c1-13-5-6-14(2)19(9-13)29(24,25)21-11-20(23)28-12-17(22)16-8-7-15(26-3)10-18(16)27-4/h5-10,21H,11-12H2,1-4H3. The molecule has 9 heteroatoms. The summed E-state index contributed by atoms with van der Waals surface area (Å²) in [7, 11) is -1.00. The summed E-state index contributed by atoms with van der Waals surface area (Å²) in [6, 6.07) is 9.60. The van der Waals surface area contributed by atoms with Crippen LogP contribution in [0, 0.1) is 13.8 Å². The smallest absolute Gasteiger partial charge is 0.321 e. The SMILES string of the molecule is COc1ccc(C(=O)COC(=O)CNS(=O)(=O)c2cc(C)ccc2C)c(OC)c1. The molecule has 1 N–H and O–H groups in total. The third kappa shape index (κ3) is 5.78. The number of sulfonamides is 1. The van der Waals surface area contributed by atoms with Crippen LogP contribution in [0.25, 0.3) is 0 Å². The quantitative estimate of drug-likeness (QED) is 0.487. The van der Waals surface area contributed by atoms with Gasteiger partial charge in [-0.25, -0.2) is 8.42 Å². The molecule has 0 spiro atoms. The molecular formula is C20H23NO7S. The van der Waals surface area contributed by atoms with Gasteiger partial charge >= 0.3 is 5.97 Å². The van der Waals surface area contributed by atoms with Crippen LogP contribution in [0.2, 0.25) is 0 Å². The third-order valence-electron chi connectivity index (χ3n) is 4.11. The number of carbonyl (C=O) groups excluding carboxylic acids is 2. The molecule has 0 unspecified atom stereocenters. The average Bonchev–Trinajstić information content (AvgIpc) is 2.71. The maximum absolute atomic E-state index is 12.4. The van der Waals surface area contributed by atoms with Crippen LogP contribution in [-0.4, -0.2) is 47.5 Å². The Morgan fingerprint density at radius 3 is 2.38 bits per heavy atom. The molecule has 0 heterocycles. The molecule has 0 radical (unpaired) electrons. The average molecular weight is 421 g/mol. The lowest BCUT2D eigenvalue weighted by Gasteiger charge is -2.11. The van der Waals surface area contributed by atoms with E-state index in [4.69, 9.17) is 14.2 Å². The van der Waals surface area contributed by atoms with Crippen LogP contribution in [0.1, 0.15) is 21.5 Å². The maximum atomic E-state index is 12.4. The Morgan fingerprint density at radius 2 is 1.72 bits per heavy atom. The van der Waals surface area contributed by atoms with Gasteiger partial charge in [0.05, 0.1) is 24.7 Å². The molecule has 0 aliphatic carbocycles. The predicted octanol–water partition coefficient (Wildman–Crippen LogP) is 2.03. The summed E-state index contributed by atoms with van der Waals surface area (Å²) in [6.07, 6.45) is 0. The van der Waals surface area contributed by atoms with Crippen molar-refractivity contribution in [2.24, 2.45) is 0 Å². The Bertz CT molecular complexity index is 1020. The van der Waals surface area contributed by atoms with Gasteiger partial charge in [0.15, 0.2) is 6.61 Å². The highest BCUT2D eigenvalue weighted by Gasteiger charge is 2.20. The number of Topliss-reactive ketones (excluding diaryl/α,β-unsaturated/α-hetero) is 1. The highest BCUT2D eigenvalue weighted by atomic mass is 32.2. The zero-order valence-electron chi connectivity index (χ0n) is 16.6. The summed E-state index contributed by atoms with van der Waals surface area (Å²) >= 11 is 0. The first-order valence-electron chi connectivity index (χ1n) is 8.65. The monoisotopic (exact) mass is 421 g/mol. The molecule has 2 rings (SSSR count). The number of hydrogen-bond acceptors (Lipinski definition) is 7. The Morgan fingerprint density at radius 1 is 1.00 bits per heavy atom. The van der Waals surface area contributed by atoms with Gasteiger partial charge in [-0.2, -0.15) is 4.72 Å². The van der Waals surface area contributed by atoms with E-state index in [1.165, 1.54) is 32.4 Å². The fourth-order valence-electron chi connectivity index (χ4n) is 2.53. The van der Waals surface area contributed by atoms with Gasteiger partial charge in [0.25, 0.3) is 0 Å². The molecule has 0 fully saturated rings. The molecule has 0 saturated carbocycles. The van der Waals surface area contributed by atoms with Gasteiger partial charge in [0.2, 0.25) is 15.8 Å². The lowest BCUT2D eigenvalue weighted by atomic mass is 10.1. The highest BCUT2D eigenvalue weighted by molar-refractivity contribution is 7.89. The summed E-state index contributed by atoms with van der Waals surface area (Å²) in [5, 5.41) is 0. The second kappa shape index (κ2) is 9.53. The third-order valence-corrected chi connectivity index (χ3v) is 5.66. The number of hydrogen-bond donors (Lipinski definition) is 1. The van der Waals surface area contributed by atoms with Crippen molar-refractivity contribution in [1.82, 2.24) is 4.72 Å². The largest absolute Gasteiger partial charge is 0.497 e. The molecule has 0 amide bonds. The van der Waals surface area contributed by atoms with Crippen molar-refractivity contribution in [3.05, 3.63) is 53.1 Å². The number of rotatable bonds is 9. The van der Waals surface area contributed by atoms with Crippen LogP contribution in [0.3, 0.4) is 0 Å². The van der Waals surface area contributed by atoms with Crippen molar-refractivity contribution in [3.63, 3.8) is 0 Å². The van der Waals surface area contributed by atoms with Crippen molar-refractivity contribution in [3.8, 4) is 11.5 Å². The number of ketones is 1. The highest BCUT2D eigenvalue weighted by Crippen LogP contribution is 2.25. The lowest BCUT2D eigenvalue weighted by molar-refractivity contribution is -0.141. The van der Waals surface area contributed by atoms with Crippen molar-refractivity contribution < 1.29 is 32.2 Å². The number of carbonyl (C=O) groups is 2. The van der Waals surface area contributed by atoms with E-state index in [-0.39, 0.29) is 16.2 Å². The van der Waals surface area contributed by atoms with Crippen LogP contribution < -0.4 is 14.2 Å². The fraction of sp³-hybridized carbons (Fsp3) is 0.300. The second-order valence-corrected chi connectivity index (χ2v) is 7.98. The number of ether oxygens (including phenoxy) is 3. The first-order chi connectivity index (χ1) is 13.7. The van der Waals surface area contributed by atoms with E-state index in [1.54, 1.807) is 32.0 Å². The zero-order chi connectivity index (χ0) is 21.6. The van der Waals surface area contributed by atoms with Gasteiger partial charge in [-0.05, 0) is 43.2 Å². The van der Waals surface area contributed by atoms with Gasteiger partial charge in [-0.15, -0.1) is 0 Å². The minimum absolute atomic E-state index is 0.0874. The molecule has 0 aromatic heterocycles. The van der Waals surface area contributed by atoms with E-state index < -0.39 is 34.9 Å². The fourth-order valence-corrected chi connectivity index (χ4v) is 3.83. The molecule has 0 bridgehead atoms. The van der Waals surface area contributed by atoms with Crippen LogP contribution in [0.5, 0.6) is 11.5 Å². The van der Waals surface area contributed by atoms with Crippen LogP contribution >= 0.6 is 0 Å². The predicted molar refractivity (Wildman–Crippen MR) is 106 cm³/mol. The van der Waals surface area contributed by atoms with Gasteiger partial charge in [-0.1, -0.05) is 12.1 Å². The number of methoxy groups -OCH3 is 2. The molecule has 0 saturated heterocycles. The van der Waals surface area contributed by atoms with E-state index in [0.29, 0.717) is 11.3 Å². The van der Waals surface area contributed by atoms with E-state index in [0.717, 1.165) is 5.56 Å². The van der Waals surface area contributed by atoms with Gasteiger partial charge < -0.3 is 14.2 Å². The molecular weight excluding hydrogens is 398 g/mol. The second-order valence-electron chi connectivity index (χ2n) is 6.24. The number of aryl methyl sites for hydroxylation is 2. The molecule has 156 valence electrons. The Hall–Kier alpha value is -2.91. The summed E-state index contributed by atoms with van der Waals surface area (Å²) in [5.41, 5.74) is 1.55. The first-order valence-corrected chi connectivity index (χ1v) is 10.1. The van der Waals surface area contributed by atoms with Crippen molar-refractivity contribution in [2.75, 3.05) is 27.4 Å². The minimum atomic E-state index is -3.89. The zero-order valence-corrected chi connectivity index (χ0v) is 17.5. The summed E-state index contributed by atoms with van der Waals surface area (Å²) in [4.78, 5) is 24.3. The van der Waals surface area contributed by atoms with Crippen molar-refractivity contribution in [1.29, 1.82) is 0 Å². The summed E-state index contributed by atoms with van der Waals surface area (Å²) in [6.45, 7) is 2.29. The van der Waals surface area contributed by atoms with Gasteiger partial charge in [0.1, 0.15) is 18.0 Å². The molecule has 8 nitrogen and oxygen atoms in total. The lowest BCUT2D eigenvalue weighted by Crippen LogP contribution is -2.32.